The van der Waals surface area contributed by atoms with Crippen molar-refractivity contribution in [3.63, 3.8) is 0 Å². The SMILES string of the molecule is Cc1cnc2c(c1)CCc1cc(Cl)ccc1C2=C1CC[N+]([O-])(C(=O)c2ccncc2)CC1. The summed E-state index contributed by atoms with van der Waals surface area (Å²) in [7, 11) is 0. The van der Waals surface area contributed by atoms with Crippen LogP contribution in [0.4, 0.5) is 0 Å². The fraction of sp³-hybridized carbons (Fsp3) is 0.269. The van der Waals surface area contributed by atoms with Crippen LogP contribution in [0.2, 0.25) is 5.02 Å². The molecule has 0 unspecified atom stereocenters. The highest BCUT2D eigenvalue weighted by atomic mass is 35.5. The topological polar surface area (TPSA) is 65.9 Å². The average Bonchev–Trinajstić information content (AvgIpc) is 2.96. The van der Waals surface area contributed by atoms with E-state index < -0.39 is 10.6 Å². The molecule has 5 nitrogen and oxygen atoms in total. The van der Waals surface area contributed by atoms with Crippen LogP contribution in [0, 0.1) is 12.1 Å². The summed E-state index contributed by atoms with van der Waals surface area (Å²) in [6.07, 6.45) is 7.93. The maximum atomic E-state index is 13.4. The van der Waals surface area contributed by atoms with Crippen LogP contribution in [0.1, 0.15) is 51.1 Å². The number of quaternary nitrogens is 1. The van der Waals surface area contributed by atoms with Gasteiger partial charge in [-0.2, -0.15) is 0 Å². The fourth-order valence-electron chi connectivity index (χ4n) is 4.86. The van der Waals surface area contributed by atoms with Crippen LogP contribution in [0.15, 0.2) is 60.6 Å². The van der Waals surface area contributed by atoms with Gasteiger partial charge in [0.2, 0.25) is 0 Å². The molecule has 6 heteroatoms. The molecule has 3 heterocycles. The highest BCUT2D eigenvalue weighted by Crippen LogP contribution is 2.39. The van der Waals surface area contributed by atoms with Crippen LogP contribution < -0.4 is 0 Å². The Hall–Kier alpha value is -2.86. The van der Waals surface area contributed by atoms with Gasteiger partial charge in [-0.15, -0.1) is 0 Å². The van der Waals surface area contributed by atoms with Crippen molar-refractivity contribution < 1.29 is 9.44 Å². The number of aromatic nitrogens is 2. The van der Waals surface area contributed by atoms with Gasteiger partial charge in [-0.3, -0.25) is 14.6 Å². The summed E-state index contributed by atoms with van der Waals surface area (Å²) in [6.45, 7) is 2.51. The van der Waals surface area contributed by atoms with Crippen molar-refractivity contribution in [3.05, 3.63) is 104 Å². The quantitative estimate of drug-likeness (QED) is 0.377. The van der Waals surface area contributed by atoms with Gasteiger partial charge >= 0.3 is 5.91 Å². The second kappa shape index (κ2) is 8.24. The van der Waals surface area contributed by atoms with Crippen molar-refractivity contribution >= 4 is 23.1 Å². The van der Waals surface area contributed by atoms with Crippen LogP contribution in [0.5, 0.6) is 0 Å². The first kappa shape index (κ1) is 21.0. The number of hydrogen-bond acceptors (Lipinski definition) is 4. The van der Waals surface area contributed by atoms with Gasteiger partial charge < -0.3 is 5.21 Å². The average molecular weight is 446 g/mol. The molecule has 1 saturated heterocycles. The Morgan fingerprint density at radius 3 is 2.47 bits per heavy atom. The predicted molar refractivity (Wildman–Crippen MR) is 125 cm³/mol. The number of nitrogens with zero attached hydrogens (tertiary/aromatic N) is 3. The number of pyridine rings is 2. The Morgan fingerprint density at radius 2 is 1.72 bits per heavy atom. The summed E-state index contributed by atoms with van der Waals surface area (Å²) < 4.78 is -0.831. The molecule has 2 aromatic heterocycles. The lowest BCUT2D eigenvalue weighted by atomic mass is 9.88. The monoisotopic (exact) mass is 445 g/mol. The van der Waals surface area contributed by atoms with Gasteiger partial charge in [0.1, 0.15) is 0 Å². The molecule has 0 saturated carbocycles. The molecule has 2 aliphatic rings. The predicted octanol–water partition coefficient (Wildman–Crippen LogP) is 5.29. The Kier molecular flexibility index (Phi) is 5.41. The van der Waals surface area contributed by atoms with E-state index in [1.165, 1.54) is 16.7 Å². The molecule has 0 N–H and O–H groups in total. The number of likely N-dealkylation sites (tertiary alicyclic amines) is 1. The molecule has 32 heavy (non-hydrogen) atoms. The van der Waals surface area contributed by atoms with E-state index in [0.717, 1.165) is 40.3 Å². The first-order valence-electron chi connectivity index (χ1n) is 10.9. The van der Waals surface area contributed by atoms with Crippen LogP contribution in [0.3, 0.4) is 0 Å². The van der Waals surface area contributed by atoms with E-state index in [4.69, 9.17) is 16.6 Å². The zero-order valence-corrected chi connectivity index (χ0v) is 18.7. The van der Waals surface area contributed by atoms with Gasteiger partial charge in [0, 0.05) is 42.0 Å². The number of benzene rings is 1. The lowest BCUT2D eigenvalue weighted by Crippen LogP contribution is -2.51. The van der Waals surface area contributed by atoms with Crippen LogP contribution in [-0.4, -0.2) is 33.6 Å². The van der Waals surface area contributed by atoms with E-state index in [1.54, 1.807) is 24.5 Å². The Balaban J connectivity index is 1.56. The van der Waals surface area contributed by atoms with Crippen molar-refractivity contribution in [2.24, 2.45) is 0 Å². The largest absolute Gasteiger partial charge is 0.625 e. The molecule has 0 radical (unpaired) electrons. The van der Waals surface area contributed by atoms with Crippen molar-refractivity contribution in [3.8, 4) is 0 Å². The molecule has 162 valence electrons. The fourth-order valence-corrected chi connectivity index (χ4v) is 5.06. The maximum Gasteiger partial charge on any atom is 0.345 e. The summed E-state index contributed by atoms with van der Waals surface area (Å²) in [5.41, 5.74) is 8.44. The molecule has 0 atom stereocenters. The lowest BCUT2D eigenvalue weighted by molar-refractivity contribution is -0.801. The molecule has 1 aromatic carbocycles. The Morgan fingerprint density at radius 1 is 1.00 bits per heavy atom. The third-order valence-electron chi connectivity index (χ3n) is 6.54. The van der Waals surface area contributed by atoms with E-state index in [1.807, 2.05) is 18.3 Å². The van der Waals surface area contributed by atoms with E-state index in [0.29, 0.717) is 18.4 Å². The Bertz CT molecular complexity index is 1170. The summed E-state index contributed by atoms with van der Waals surface area (Å²) in [4.78, 5) is 21.7. The third-order valence-corrected chi connectivity index (χ3v) is 6.78. The van der Waals surface area contributed by atoms with Crippen LogP contribution in [-0.2, 0) is 12.8 Å². The highest BCUT2D eigenvalue weighted by molar-refractivity contribution is 6.30. The number of halogens is 1. The van der Waals surface area contributed by atoms with Crippen LogP contribution >= 0.6 is 11.6 Å². The number of carbonyl (C=O) groups is 1. The highest BCUT2D eigenvalue weighted by Gasteiger charge is 2.34. The van der Waals surface area contributed by atoms with Gasteiger partial charge in [-0.05, 0) is 71.9 Å². The normalized spacial score (nSPS) is 20.3. The minimum Gasteiger partial charge on any atom is -0.625 e. The zero-order valence-electron chi connectivity index (χ0n) is 18.0. The number of hydrogen-bond donors (Lipinski definition) is 0. The Labute approximate surface area is 192 Å². The van der Waals surface area contributed by atoms with Crippen LogP contribution in [0.25, 0.3) is 5.57 Å². The summed E-state index contributed by atoms with van der Waals surface area (Å²) >= 11 is 6.31. The molecule has 1 amide bonds. The zero-order chi connectivity index (χ0) is 22.3. The number of rotatable bonds is 1. The minimum absolute atomic E-state index is 0.226. The number of piperidine rings is 1. The minimum atomic E-state index is -0.831. The van der Waals surface area contributed by atoms with Gasteiger partial charge in [-0.1, -0.05) is 23.7 Å². The number of hydroxylamine groups is 3. The van der Waals surface area contributed by atoms with E-state index >= 15 is 0 Å². The third kappa shape index (κ3) is 3.77. The van der Waals surface area contributed by atoms with Gasteiger partial charge in [-0.25, -0.2) is 4.79 Å². The van der Waals surface area contributed by atoms with E-state index in [9.17, 15) is 10.0 Å². The first-order valence-corrected chi connectivity index (χ1v) is 11.3. The molecular weight excluding hydrogens is 422 g/mol. The second-order valence-electron chi connectivity index (χ2n) is 8.68. The van der Waals surface area contributed by atoms with Gasteiger partial charge in [0.25, 0.3) is 0 Å². The molecule has 1 aliphatic carbocycles. The summed E-state index contributed by atoms with van der Waals surface area (Å²) in [6, 6.07) is 11.5. The number of carbonyl (C=O) groups excluding carboxylic acids is 1. The first-order chi connectivity index (χ1) is 15.4. The standard InChI is InChI=1S/C26H24ClN3O2/c1-17-14-21-3-2-20-15-22(27)4-5-23(20)24(25(21)29-16-17)18-8-12-30(32,13-9-18)26(31)19-6-10-28-11-7-19/h4-7,10-11,14-16H,2-3,8-9,12-13H2,1H3. The number of fused-ring (bicyclic) bond motifs is 2. The molecule has 0 spiro atoms. The number of aryl methyl sites for hydroxylation is 3. The second-order valence-corrected chi connectivity index (χ2v) is 9.11. The van der Waals surface area contributed by atoms with Crippen molar-refractivity contribution in [1.29, 1.82) is 0 Å². The number of amides is 1. The van der Waals surface area contributed by atoms with Gasteiger partial charge in [0.05, 0.1) is 24.3 Å². The molecule has 1 aliphatic heterocycles. The summed E-state index contributed by atoms with van der Waals surface area (Å²) in [5.74, 6) is -0.390. The molecular formula is C26H24ClN3O2. The molecule has 1 fully saturated rings. The van der Waals surface area contributed by atoms with E-state index in [-0.39, 0.29) is 13.1 Å². The molecule has 3 aromatic rings. The van der Waals surface area contributed by atoms with Crippen molar-refractivity contribution in [2.75, 3.05) is 13.1 Å². The summed E-state index contributed by atoms with van der Waals surface area (Å²) in [5, 5.41) is 14.1. The van der Waals surface area contributed by atoms with E-state index in [2.05, 4.69) is 24.0 Å². The molecule has 5 rings (SSSR count). The van der Waals surface area contributed by atoms with Crippen molar-refractivity contribution in [2.45, 2.75) is 32.6 Å². The lowest BCUT2D eigenvalue weighted by Gasteiger charge is -2.43. The maximum absolute atomic E-state index is 13.4. The molecule has 0 bridgehead atoms. The smallest absolute Gasteiger partial charge is 0.345 e. The van der Waals surface area contributed by atoms with Crippen molar-refractivity contribution in [1.82, 2.24) is 9.97 Å². The van der Waals surface area contributed by atoms with Gasteiger partial charge in [0.15, 0.2) is 0 Å².